The summed E-state index contributed by atoms with van der Waals surface area (Å²) < 4.78 is 4.66. The summed E-state index contributed by atoms with van der Waals surface area (Å²) in [6.07, 6.45) is 2.96. The third kappa shape index (κ3) is 3.95. The fourth-order valence-corrected chi connectivity index (χ4v) is 2.86. The van der Waals surface area contributed by atoms with Crippen molar-refractivity contribution < 1.29 is 14.3 Å². The van der Waals surface area contributed by atoms with Crippen LogP contribution < -0.4 is 5.73 Å². The molecule has 1 saturated carbocycles. The second-order valence-electron chi connectivity index (χ2n) is 6.39. The predicted octanol–water partition coefficient (Wildman–Crippen LogP) is 1.55. The Morgan fingerprint density at radius 1 is 1.45 bits per heavy atom. The van der Waals surface area contributed by atoms with Crippen LogP contribution in [0.25, 0.3) is 0 Å². The number of hydrogen-bond donors (Lipinski definition) is 1. The van der Waals surface area contributed by atoms with Crippen LogP contribution in [0.4, 0.5) is 0 Å². The molecular weight excluding hydrogens is 256 g/mol. The van der Waals surface area contributed by atoms with Gasteiger partial charge >= 0.3 is 5.97 Å². The number of nitrogens with two attached hydrogens (primary N) is 1. The summed E-state index contributed by atoms with van der Waals surface area (Å²) in [6, 6.07) is -0.0808. The van der Waals surface area contributed by atoms with Crippen LogP contribution in [0.3, 0.4) is 0 Å². The van der Waals surface area contributed by atoms with E-state index in [-0.39, 0.29) is 24.3 Å². The van der Waals surface area contributed by atoms with Gasteiger partial charge in [-0.15, -0.1) is 0 Å². The molecule has 116 valence electrons. The topological polar surface area (TPSA) is 72.6 Å². The molecular formula is C15H28N2O3. The normalized spacial score (nSPS) is 25.8. The Balaban J connectivity index is 2.76. The van der Waals surface area contributed by atoms with Gasteiger partial charge < -0.3 is 15.4 Å². The molecule has 0 bridgehead atoms. The lowest BCUT2D eigenvalue weighted by Gasteiger charge is -2.35. The summed E-state index contributed by atoms with van der Waals surface area (Å²) in [7, 11) is 1.37. The molecule has 20 heavy (non-hydrogen) atoms. The lowest BCUT2D eigenvalue weighted by Crippen LogP contribution is -2.50. The lowest BCUT2D eigenvalue weighted by atomic mass is 9.83. The van der Waals surface area contributed by atoms with E-state index in [0.717, 1.165) is 19.3 Å². The van der Waals surface area contributed by atoms with Gasteiger partial charge in [-0.2, -0.15) is 0 Å². The summed E-state index contributed by atoms with van der Waals surface area (Å²) in [5.74, 6) is 0.158. The van der Waals surface area contributed by atoms with Crippen LogP contribution in [-0.2, 0) is 14.3 Å². The number of carbonyl (C=O) groups excluding carboxylic acids is 2. The molecule has 1 aliphatic carbocycles. The smallest absolute Gasteiger partial charge is 0.307 e. The second-order valence-corrected chi connectivity index (χ2v) is 6.39. The molecule has 2 N–H and O–H groups in total. The SMILES string of the molecule is COC(=O)CCN(CC(C)C)C(=O)C1(C)CCCC1N. The number of methoxy groups -OCH3 is 1. The van der Waals surface area contributed by atoms with Crippen LogP contribution in [0.5, 0.6) is 0 Å². The Morgan fingerprint density at radius 3 is 2.55 bits per heavy atom. The molecule has 1 aliphatic rings. The van der Waals surface area contributed by atoms with Gasteiger partial charge in [0.25, 0.3) is 0 Å². The van der Waals surface area contributed by atoms with E-state index in [1.807, 2.05) is 6.92 Å². The summed E-state index contributed by atoms with van der Waals surface area (Å²) in [6.45, 7) is 7.15. The van der Waals surface area contributed by atoms with Gasteiger partial charge in [0, 0.05) is 19.1 Å². The van der Waals surface area contributed by atoms with Gasteiger partial charge in [-0.05, 0) is 25.7 Å². The maximum Gasteiger partial charge on any atom is 0.307 e. The van der Waals surface area contributed by atoms with E-state index in [1.165, 1.54) is 7.11 Å². The van der Waals surface area contributed by atoms with E-state index in [1.54, 1.807) is 4.90 Å². The van der Waals surface area contributed by atoms with Gasteiger partial charge in [0.15, 0.2) is 0 Å². The highest BCUT2D eigenvalue weighted by molar-refractivity contribution is 5.84. The number of nitrogens with zero attached hydrogens (tertiary/aromatic N) is 1. The van der Waals surface area contributed by atoms with Crippen LogP contribution in [0, 0.1) is 11.3 Å². The molecule has 0 heterocycles. The van der Waals surface area contributed by atoms with Crippen LogP contribution in [-0.4, -0.2) is 43.0 Å². The second kappa shape index (κ2) is 7.07. The Labute approximate surface area is 121 Å². The molecule has 0 spiro atoms. The van der Waals surface area contributed by atoms with Crippen molar-refractivity contribution in [3.05, 3.63) is 0 Å². The van der Waals surface area contributed by atoms with Gasteiger partial charge in [-0.25, -0.2) is 0 Å². The van der Waals surface area contributed by atoms with Crippen LogP contribution >= 0.6 is 0 Å². The van der Waals surface area contributed by atoms with E-state index in [2.05, 4.69) is 18.6 Å². The first kappa shape index (κ1) is 17.0. The average molecular weight is 284 g/mol. The average Bonchev–Trinajstić information content (AvgIpc) is 2.74. The molecule has 0 aromatic heterocycles. The van der Waals surface area contributed by atoms with Crippen molar-refractivity contribution in [2.75, 3.05) is 20.2 Å². The highest BCUT2D eigenvalue weighted by Crippen LogP contribution is 2.38. The van der Waals surface area contributed by atoms with Crippen LogP contribution in [0.2, 0.25) is 0 Å². The van der Waals surface area contributed by atoms with Crippen molar-refractivity contribution in [3.8, 4) is 0 Å². The molecule has 5 nitrogen and oxygen atoms in total. The summed E-state index contributed by atoms with van der Waals surface area (Å²) in [5, 5.41) is 0. The van der Waals surface area contributed by atoms with Gasteiger partial charge in [0.05, 0.1) is 18.9 Å². The third-order valence-corrected chi connectivity index (χ3v) is 4.20. The highest BCUT2D eigenvalue weighted by Gasteiger charge is 2.45. The fourth-order valence-electron chi connectivity index (χ4n) is 2.86. The van der Waals surface area contributed by atoms with E-state index in [4.69, 9.17) is 5.73 Å². The maximum atomic E-state index is 12.8. The number of esters is 1. The minimum absolute atomic E-state index is 0.0808. The molecule has 1 rings (SSSR count). The number of amides is 1. The van der Waals surface area contributed by atoms with Gasteiger partial charge in [-0.3, -0.25) is 9.59 Å². The lowest BCUT2D eigenvalue weighted by molar-refractivity contribution is -0.145. The van der Waals surface area contributed by atoms with Crippen molar-refractivity contribution in [2.45, 2.75) is 52.5 Å². The van der Waals surface area contributed by atoms with Crippen molar-refractivity contribution in [3.63, 3.8) is 0 Å². The maximum absolute atomic E-state index is 12.8. The standard InChI is InChI=1S/C15H28N2O3/c1-11(2)10-17(9-7-13(18)20-4)14(19)15(3)8-5-6-12(15)16/h11-12H,5-10,16H2,1-4H3. The van der Waals surface area contributed by atoms with Crippen molar-refractivity contribution >= 4 is 11.9 Å². The predicted molar refractivity (Wildman–Crippen MR) is 78.0 cm³/mol. The zero-order chi connectivity index (χ0) is 15.3. The zero-order valence-corrected chi connectivity index (χ0v) is 13.1. The third-order valence-electron chi connectivity index (χ3n) is 4.20. The van der Waals surface area contributed by atoms with Gasteiger partial charge in [0.2, 0.25) is 5.91 Å². The molecule has 1 fully saturated rings. The zero-order valence-electron chi connectivity index (χ0n) is 13.1. The van der Waals surface area contributed by atoms with Gasteiger partial charge in [-0.1, -0.05) is 20.3 Å². The van der Waals surface area contributed by atoms with E-state index in [9.17, 15) is 9.59 Å². The molecule has 0 aliphatic heterocycles. The van der Waals surface area contributed by atoms with Crippen molar-refractivity contribution in [1.29, 1.82) is 0 Å². The first-order valence-electron chi connectivity index (χ1n) is 7.43. The molecule has 0 aromatic carbocycles. The summed E-state index contributed by atoms with van der Waals surface area (Å²) in [5.41, 5.74) is 5.64. The highest BCUT2D eigenvalue weighted by atomic mass is 16.5. The molecule has 5 heteroatoms. The minimum atomic E-state index is -0.481. The van der Waals surface area contributed by atoms with E-state index < -0.39 is 5.41 Å². The van der Waals surface area contributed by atoms with E-state index in [0.29, 0.717) is 19.0 Å². The van der Waals surface area contributed by atoms with Crippen LogP contribution in [0.15, 0.2) is 0 Å². The minimum Gasteiger partial charge on any atom is -0.469 e. The summed E-state index contributed by atoms with van der Waals surface area (Å²) in [4.78, 5) is 25.9. The Morgan fingerprint density at radius 2 is 2.10 bits per heavy atom. The first-order chi connectivity index (χ1) is 9.31. The molecule has 2 atom stereocenters. The molecule has 0 aromatic rings. The van der Waals surface area contributed by atoms with Crippen molar-refractivity contribution in [2.24, 2.45) is 17.1 Å². The summed E-state index contributed by atoms with van der Waals surface area (Å²) >= 11 is 0. The largest absolute Gasteiger partial charge is 0.469 e. The molecule has 2 unspecified atom stereocenters. The van der Waals surface area contributed by atoms with Gasteiger partial charge in [0.1, 0.15) is 0 Å². The Kier molecular flexibility index (Phi) is 5.99. The first-order valence-corrected chi connectivity index (χ1v) is 7.43. The fraction of sp³-hybridized carbons (Fsp3) is 0.867. The Hall–Kier alpha value is -1.10. The number of carbonyl (C=O) groups is 2. The monoisotopic (exact) mass is 284 g/mol. The Bertz CT molecular complexity index is 357. The van der Waals surface area contributed by atoms with Crippen molar-refractivity contribution in [1.82, 2.24) is 4.90 Å². The number of hydrogen-bond acceptors (Lipinski definition) is 4. The number of ether oxygens (including phenoxy) is 1. The molecule has 1 amide bonds. The van der Waals surface area contributed by atoms with Crippen LogP contribution in [0.1, 0.15) is 46.5 Å². The quantitative estimate of drug-likeness (QED) is 0.751. The molecule has 0 saturated heterocycles. The van der Waals surface area contributed by atoms with E-state index >= 15 is 0 Å². The molecule has 0 radical (unpaired) electrons. The number of rotatable bonds is 6.